The van der Waals surface area contributed by atoms with Crippen molar-refractivity contribution in [3.8, 4) is 0 Å². The number of halogens is 2. The summed E-state index contributed by atoms with van der Waals surface area (Å²) in [5.74, 6) is -3.94. The number of carboxylic acids is 1. The third-order valence-corrected chi connectivity index (χ3v) is 7.97. The smallest absolute Gasteiger partial charge is 0.377 e. The molecule has 7 aliphatic rings. The summed E-state index contributed by atoms with van der Waals surface area (Å²) in [5, 5.41) is 9.03. The number of ether oxygens (including phenoxy) is 1. The summed E-state index contributed by atoms with van der Waals surface area (Å²) in [4.78, 5) is 11.1. The molecule has 2 aliphatic heterocycles. The van der Waals surface area contributed by atoms with Crippen molar-refractivity contribution >= 4 is 5.97 Å². The first-order valence-electron chi connectivity index (χ1n) is 7.19. The third kappa shape index (κ3) is 0.569. The second-order valence-electron chi connectivity index (χ2n) is 7.78. The Bertz CT molecular complexity index is 577. The summed E-state index contributed by atoms with van der Waals surface area (Å²) in [6.07, 6.45) is 1.05. The zero-order chi connectivity index (χ0) is 13.1. The number of carbonyl (C=O) groups is 1. The van der Waals surface area contributed by atoms with Crippen LogP contribution in [0.3, 0.4) is 0 Å². The Hall–Kier alpha value is -0.710. The van der Waals surface area contributed by atoms with E-state index < -0.39 is 23.1 Å². The van der Waals surface area contributed by atoms with Crippen LogP contribution in [0.5, 0.6) is 0 Å². The summed E-state index contributed by atoms with van der Waals surface area (Å²) in [7, 11) is 0. The monoisotopic (exact) mass is 268 g/mol. The number of hydrogen-bond acceptors (Lipinski definition) is 2. The van der Waals surface area contributed by atoms with Crippen LogP contribution in [-0.2, 0) is 9.53 Å². The molecule has 0 radical (unpaired) electrons. The number of carboxylic acid groups (broad SMARTS) is 1. The average Bonchev–Trinajstić information content (AvgIpc) is 2.88. The Morgan fingerprint density at radius 1 is 1.21 bits per heavy atom. The average molecular weight is 268 g/mol. The van der Waals surface area contributed by atoms with E-state index in [9.17, 15) is 13.6 Å². The van der Waals surface area contributed by atoms with E-state index in [1.807, 2.05) is 6.92 Å². The summed E-state index contributed by atoms with van der Waals surface area (Å²) in [5.41, 5.74) is -2.12. The minimum absolute atomic E-state index is 0.188. The van der Waals surface area contributed by atoms with Crippen LogP contribution in [0.25, 0.3) is 0 Å². The molecule has 5 aliphatic carbocycles. The van der Waals surface area contributed by atoms with Crippen molar-refractivity contribution in [3.63, 3.8) is 0 Å². The van der Waals surface area contributed by atoms with E-state index >= 15 is 0 Å². The second-order valence-corrected chi connectivity index (χ2v) is 7.78. The molecule has 0 spiro atoms. The van der Waals surface area contributed by atoms with E-state index in [0.717, 1.165) is 6.42 Å². The highest BCUT2D eigenvalue weighted by Gasteiger charge is 3.00. The Labute approximate surface area is 108 Å². The molecule has 0 aromatic rings. The zero-order valence-corrected chi connectivity index (χ0v) is 10.3. The highest BCUT2D eigenvalue weighted by atomic mass is 19.3. The van der Waals surface area contributed by atoms with Crippen molar-refractivity contribution in [2.75, 3.05) is 0 Å². The van der Waals surface area contributed by atoms with E-state index in [1.165, 1.54) is 0 Å². The van der Waals surface area contributed by atoms with Gasteiger partial charge in [0.2, 0.25) is 0 Å². The van der Waals surface area contributed by atoms with E-state index in [4.69, 9.17) is 9.84 Å². The molecule has 0 unspecified atom stereocenters. The molecule has 2 heterocycles. The van der Waals surface area contributed by atoms with Gasteiger partial charge in [-0.05, 0) is 48.9 Å². The number of hydrogen-bond donors (Lipinski definition) is 1. The quantitative estimate of drug-likeness (QED) is 0.828. The van der Waals surface area contributed by atoms with Crippen molar-refractivity contribution in [2.45, 2.75) is 30.5 Å². The van der Waals surface area contributed by atoms with E-state index in [2.05, 4.69) is 0 Å². The highest BCUT2D eigenvalue weighted by molar-refractivity contribution is 5.78. The zero-order valence-electron chi connectivity index (χ0n) is 10.3. The molecule has 0 amide bonds. The first kappa shape index (κ1) is 10.1. The Morgan fingerprint density at radius 3 is 2.53 bits per heavy atom. The van der Waals surface area contributed by atoms with Crippen LogP contribution in [0.1, 0.15) is 13.3 Å². The lowest BCUT2D eigenvalue weighted by Crippen LogP contribution is -2.61. The van der Waals surface area contributed by atoms with Gasteiger partial charge in [0, 0.05) is 11.8 Å². The first-order valence-corrected chi connectivity index (χ1v) is 7.19. The fraction of sp³-hybridized carbons (Fsp3) is 0.929. The lowest BCUT2D eigenvalue weighted by Gasteiger charge is -2.47. The molecule has 19 heavy (non-hydrogen) atoms. The predicted octanol–water partition coefficient (Wildman–Crippen LogP) is 1.62. The Balaban J connectivity index is 1.67. The van der Waals surface area contributed by atoms with Gasteiger partial charge in [-0.2, -0.15) is 8.78 Å². The van der Waals surface area contributed by atoms with Gasteiger partial charge in [-0.15, -0.1) is 0 Å². The maximum Gasteiger partial charge on any atom is 0.377 e. The number of rotatable bonds is 2. The van der Waals surface area contributed by atoms with Crippen molar-refractivity contribution < 1.29 is 23.4 Å². The van der Waals surface area contributed by atoms with Crippen LogP contribution in [-0.4, -0.2) is 28.2 Å². The summed E-state index contributed by atoms with van der Waals surface area (Å²) in [6.45, 7) is 1.98. The maximum absolute atomic E-state index is 14.5. The van der Waals surface area contributed by atoms with Crippen molar-refractivity contribution in [1.82, 2.24) is 0 Å². The van der Waals surface area contributed by atoms with Gasteiger partial charge in [0.1, 0.15) is 0 Å². The maximum atomic E-state index is 14.5. The standard InChI is InChI=1S/C14H14F2O3/c1-12-7-3-2-4-6-5(3)9(12)10(6)13(19-12,8(4)7)14(15,16)11(17)18/h3-10H,2H2,1H3,(H,17,18)/t3-,4+,5-,6+,7-,8+,9-,10-,12+,13-/m1/s1. The lowest BCUT2D eigenvalue weighted by atomic mass is 9.54. The lowest BCUT2D eigenvalue weighted by molar-refractivity contribution is -0.227. The molecule has 4 bridgehead atoms. The molecule has 102 valence electrons. The molecule has 7 rings (SSSR count). The van der Waals surface area contributed by atoms with Crippen LogP contribution < -0.4 is 0 Å². The van der Waals surface area contributed by atoms with E-state index in [1.54, 1.807) is 0 Å². The van der Waals surface area contributed by atoms with E-state index in [0.29, 0.717) is 23.7 Å². The summed E-state index contributed by atoms with van der Waals surface area (Å²) >= 11 is 0. The second kappa shape index (κ2) is 2.14. The molecular weight excluding hydrogens is 254 g/mol. The predicted molar refractivity (Wildman–Crippen MR) is 57.3 cm³/mol. The molecule has 0 aromatic carbocycles. The van der Waals surface area contributed by atoms with Crippen LogP contribution >= 0.6 is 0 Å². The van der Waals surface area contributed by atoms with Crippen molar-refractivity contribution in [1.29, 1.82) is 0 Å². The minimum atomic E-state index is -3.73. The molecule has 5 saturated carbocycles. The molecule has 5 heteroatoms. The Morgan fingerprint density at radius 2 is 1.84 bits per heavy atom. The fourth-order valence-corrected chi connectivity index (χ4v) is 8.24. The largest absolute Gasteiger partial charge is 0.477 e. The minimum Gasteiger partial charge on any atom is -0.477 e. The molecule has 1 N–H and O–H groups in total. The summed E-state index contributed by atoms with van der Waals surface area (Å²) in [6, 6.07) is 0. The van der Waals surface area contributed by atoms with Crippen molar-refractivity contribution in [3.05, 3.63) is 0 Å². The van der Waals surface area contributed by atoms with Gasteiger partial charge < -0.3 is 9.84 Å². The van der Waals surface area contributed by atoms with Gasteiger partial charge in [-0.25, -0.2) is 4.79 Å². The highest BCUT2D eigenvalue weighted by Crippen LogP contribution is 2.94. The molecule has 7 fully saturated rings. The topological polar surface area (TPSA) is 46.5 Å². The first-order chi connectivity index (χ1) is 8.87. The normalized spacial score (nSPS) is 72.4. The number of alkyl halides is 2. The molecule has 2 saturated heterocycles. The van der Waals surface area contributed by atoms with Crippen LogP contribution in [0.2, 0.25) is 0 Å². The van der Waals surface area contributed by atoms with Gasteiger partial charge in [0.25, 0.3) is 0 Å². The van der Waals surface area contributed by atoms with Gasteiger partial charge in [-0.1, -0.05) is 0 Å². The molecule has 3 nitrogen and oxygen atoms in total. The molecule has 10 atom stereocenters. The summed E-state index contributed by atoms with van der Waals surface area (Å²) < 4.78 is 34.9. The molecular formula is C14H14F2O3. The van der Waals surface area contributed by atoms with Crippen LogP contribution in [0.4, 0.5) is 8.78 Å². The number of aliphatic carboxylic acids is 1. The van der Waals surface area contributed by atoms with Crippen LogP contribution in [0, 0.1) is 47.3 Å². The SMILES string of the molecule is C[C@@]12O[C@@]3(C(F)(F)C(=O)O)[C@@H]4[C@H]5[C@@H]6C[C@H]([C@H]5[C@H]41)[C@@H]2[C@H]63. The van der Waals surface area contributed by atoms with Gasteiger partial charge in [0.15, 0.2) is 5.60 Å². The third-order valence-electron chi connectivity index (χ3n) is 7.97. The van der Waals surface area contributed by atoms with Crippen molar-refractivity contribution in [2.24, 2.45) is 47.3 Å². The van der Waals surface area contributed by atoms with E-state index in [-0.39, 0.29) is 23.7 Å². The van der Waals surface area contributed by atoms with Gasteiger partial charge in [-0.3, -0.25) is 0 Å². The van der Waals surface area contributed by atoms with Gasteiger partial charge >= 0.3 is 11.9 Å². The van der Waals surface area contributed by atoms with Gasteiger partial charge in [0.05, 0.1) is 5.60 Å². The molecule has 0 aromatic heterocycles. The fourth-order valence-electron chi connectivity index (χ4n) is 8.24. The van der Waals surface area contributed by atoms with Crippen LogP contribution in [0.15, 0.2) is 0 Å². The Kier molecular flexibility index (Phi) is 1.14.